The number of anilines is 5. The number of aliphatic imine (C=N–C) groups is 2. The van der Waals surface area contributed by atoms with Crippen molar-refractivity contribution in [3.8, 4) is 0 Å². The van der Waals surface area contributed by atoms with Gasteiger partial charge in [0.25, 0.3) is 0 Å². The van der Waals surface area contributed by atoms with Gasteiger partial charge in [0.1, 0.15) is 6.01 Å². The van der Waals surface area contributed by atoms with Crippen molar-refractivity contribution >= 4 is 82.3 Å². The molecule has 0 heterocycles. The summed E-state index contributed by atoms with van der Waals surface area (Å²) >= 11 is 0. The second-order valence-corrected chi connectivity index (χ2v) is 11.7. The molecule has 0 spiro atoms. The lowest BCUT2D eigenvalue weighted by Crippen LogP contribution is -2.23. The van der Waals surface area contributed by atoms with Crippen LogP contribution in [-0.4, -0.2) is 56.7 Å². The highest BCUT2D eigenvalue weighted by molar-refractivity contribution is 5.99. The van der Waals surface area contributed by atoms with E-state index in [1.807, 2.05) is 0 Å². The van der Waals surface area contributed by atoms with Crippen molar-refractivity contribution in [2.75, 3.05) is 40.8 Å². The lowest BCUT2D eigenvalue weighted by molar-refractivity contribution is -0.136. The smallest absolute Gasteiger partial charge is 0.420 e. The van der Waals surface area contributed by atoms with E-state index >= 15 is 0 Å². The molecule has 5 N–H and O–H groups in total. The highest BCUT2D eigenvalue weighted by Crippen LogP contribution is 2.25. The molecule has 0 aromatic heterocycles. The maximum Gasteiger partial charge on any atom is 0.420 e. The molecule has 5 amide bonds. The van der Waals surface area contributed by atoms with Crippen molar-refractivity contribution in [2.45, 2.75) is 34.1 Å². The van der Waals surface area contributed by atoms with Crippen LogP contribution < -0.4 is 26.6 Å². The summed E-state index contributed by atoms with van der Waals surface area (Å²) in [5, 5.41) is 12.4. The molecule has 0 saturated carbocycles. The van der Waals surface area contributed by atoms with Gasteiger partial charge in [-0.05, 0) is 104 Å². The molecule has 0 radical (unpaired) electrons. The fourth-order valence-corrected chi connectivity index (χ4v) is 4.66. The summed E-state index contributed by atoms with van der Waals surface area (Å²) in [7, 11) is 2.44. The molecule has 4 aromatic carbocycles. The Hall–Kier alpha value is -7.52. The first-order valence-electron chi connectivity index (χ1n) is 16.3. The normalized spacial score (nSPS) is 10.1. The van der Waals surface area contributed by atoms with Gasteiger partial charge in [0, 0.05) is 28.4 Å². The highest BCUT2D eigenvalue weighted by atomic mass is 16.6. The highest BCUT2D eigenvalue weighted by Gasteiger charge is 2.16. The fourth-order valence-electron chi connectivity index (χ4n) is 4.66. The predicted molar refractivity (Wildman–Crippen MR) is 204 cm³/mol. The lowest BCUT2D eigenvalue weighted by atomic mass is 10.1. The Morgan fingerprint density at radius 1 is 0.509 bits per heavy atom. The van der Waals surface area contributed by atoms with Crippen molar-refractivity contribution in [3.63, 3.8) is 0 Å². The second-order valence-electron chi connectivity index (χ2n) is 11.7. The zero-order valence-corrected chi connectivity index (χ0v) is 30.6. The van der Waals surface area contributed by atoms with Gasteiger partial charge in [0.15, 0.2) is 0 Å². The SMILES string of the molecule is COC(=O)Nc1cc(NC(=O)OC(=O)Cc2cc(N=C=Nc3ccc(C)c(NC(=O)OC(=O)Nc4ccc(C)c(NC(=O)OC)c4)c3)ccc2C)ccc1C. The number of benzene rings is 4. The quantitative estimate of drug-likeness (QED) is 0.0474. The third-order valence-corrected chi connectivity index (χ3v) is 7.69. The molecule has 0 aliphatic rings. The van der Waals surface area contributed by atoms with Crippen LogP contribution in [0.25, 0.3) is 0 Å². The number of nitrogens with zero attached hydrogens (tertiary/aromatic N) is 2. The van der Waals surface area contributed by atoms with E-state index in [9.17, 15) is 28.8 Å². The molecule has 55 heavy (non-hydrogen) atoms. The molecule has 17 nitrogen and oxygen atoms in total. The van der Waals surface area contributed by atoms with Crippen LogP contribution in [0.4, 0.5) is 63.8 Å². The summed E-state index contributed by atoms with van der Waals surface area (Å²) < 4.78 is 19.0. The maximum absolute atomic E-state index is 12.6. The van der Waals surface area contributed by atoms with Crippen LogP contribution in [0.2, 0.25) is 0 Å². The van der Waals surface area contributed by atoms with E-state index in [-0.39, 0.29) is 17.8 Å². The van der Waals surface area contributed by atoms with Crippen LogP contribution in [0.3, 0.4) is 0 Å². The molecule has 0 bridgehead atoms. The molecular formula is C38H37N7O10. The average Bonchev–Trinajstić information content (AvgIpc) is 3.13. The summed E-state index contributed by atoms with van der Waals surface area (Å²) in [4.78, 5) is 81.5. The monoisotopic (exact) mass is 751 g/mol. The first-order chi connectivity index (χ1) is 26.2. The molecule has 17 heteroatoms. The zero-order chi connectivity index (χ0) is 40.1. The summed E-state index contributed by atoms with van der Waals surface area (Å²) in [6.07, 6.45) is -4.73. The van der Waals surface area contributed by atoms with Gasteiger partial charge in [-0.15, -0.1) is 0 Å². The summed E-state index contributed by atoms with van der Waals surface area (Å²) in [6.45, 7) is 7.01. The molecule has 4 aromatic rings. The molecule has 0 atom stereocenters. The Kier molecular flexibility index (Phi) is 13.8. The second kappa shape index (κ2) is 18.8. The van der Waals surface area contributed by atoms with E-state index in [1.54, 1.807) is 82.3 Å². The van der Waals surface area contributed by atoms with Crippen molar-refractivity contribution in [1.29, 1.82) is 0 Å². The minimum absolute atomic E-state index is 0.234. The number of nitrogens with one attached hydrogen (secondary N) is 5. The third kappa shape index (κ3) is 12.3. The molecule has 0 aliphatic carbocycles. The van der Waals surface area contributed by atoms with Crippen LogP contribution in [0.1, 0.15) is 27.8 Å². The molecule has 0 fully saturated rings. The van der Waals surface area contributed by atoms with E-state index in [0.29, 0.717) is 45.1 Å². The minimum Gasteiger partial charge on any atom is -0.453 e. The number of hydrogen-bond acceptors (Lipinski definition) is 12. The Balaban J connectivity index is 1.33. The van der Waals surface area contributed by atoms with E-state index in [4.69, 9.17) is 9.47 Å². The zero-order valence-electron chi connectivity index (χ0n) is 30.6. The first-order valence-corrected chi connectivity index (χ1v) is 16.3. The van der Waals surface area contributed by atoms with Crippen molar-refractivity contribution in [3.05, 3.63) is 101 Å². The lowest BCUT2D eigenvalue weighted by Gasteiger charge is -2.11. The number of carbonyl (C=O) groups excluding carboxylic acids is 6. The number of rotatable bonds is 9. The van der Waals surface area contributed by atoms with Crippen LogP contribution >= 0.6 is 0 Å². The number of esters is 1. The Morgan fingerprint density at radius 3 is 1.45 bits per heavy atom. The van der Waals surface area contributed by atoms with E-state index in [1.165, 1.54) is 32.4 Å². The van der Waals surface area contributed by atoms with Gasteiger partial charge in [-0.25, -0.2) is 24.0 Å². The van der Waals surface area contributed by atoms with Crippen molar-refractivity contribution < 1.29 is 47.7 Å². The topological polar surface area (TPSA) is 224 Å². The van der Waals surface area contributed by atoms with E-state index < -0.39 is 36.4 Å². The van der Waals surface area contributed by atoms with Gasteiger partial charge >= 0.3 is 36.4 Å². The maximum atomic E-state index is 12.6. The van der Waals surface area contributed by atoms with Crippen LogP contribution in [0.15, 0.2) is 82.8 Å². The van der Waals surface area contributed by atoms with Crippen molar-refractivity contribution in [2.24, 2.45) is 9.98 Å². The Labute approximate surface area is 315 Å². The van der Waals surface area contributed by atoms with Gasteiger partial charge in [-0.1, -0.05) is 24.3 Å². The number of amides is 5. The Bertz CT molecular complexity index is 2060. The molecule has 4 rings (SSSR count). The number of hydrogen-bond donors (Lipinski definition) is 5. The first kappa shape index (κ1) is 40.3. The average molecular weight is 752 g/mol. The molecule has 284 valence electrons. The molecular weight excluding hydrogens is 714 g/mol. The van der Waals surface area contributed by atoms with Gasteiger partial charge in [0.2, 0.25) is 0 Å². The minimum atomic E-state index is -1.06. The predicted octanol–water partition coefficient (Wildman–Crippen LogP) is 8.51. The summed E-state index contributed by atoms with van der Waals surface area (Å²) in [5.74, 6) is -0.816. The van der Waals surface area contributed by atoms with Crippen LogP contribution in [0.5, 0.6) is 0 Å². The molecule has 0 unspecified atom stereocenters. The number of methoxy groups -OCH3 is 2. The van der Waals surface area contributed by atoms with E-state index in [2.05, 4.69) is 52.1 Å². The summed E-state index contributed by atoms with van der Waals surface area (Å²) in [5.41, 5.74) is 5.79. The number of carbonyl (C=O) groups is 6. The Morgan fingerprint density at radius 2 is 0.927 bits per heavy atom. The fraction of sp³-hybridized carbons (Fsp3) is 0.184. The standard InChI is InChI=1S/C38H37N7O10/c1-21-7-11-26(15-25(21)16-33(46)54-36(49)41-28-13-9-23(3)31(18-28)43-34(47)52-5)39-20-40-27-12-8-22(2)30(17-27)45-38(51)55-37(50)42-29-14-10-24(4)32(19-29)44-35(48)53-6/h7-15,17-19H,16H2,1-6H3,(H,41,49)(H,42,50)(H,43,47)(H,44,48)(H,45,51). The third-order valence-electron chi connectivity index (χ3n) is 7.69. The molecule has 0 saturated heterocycles. The van der Waals surface area contributed by atoms with Gasteiger partial charge in [0.05, 0.1) is 32.0 Å². The van der Waals surface area contributed by atoms with Crippen LogP contribution in [-0.2, 0) is 30.2 Å². The summed E-state index contributed by atoms with van der Waals surface area (Å²) in [6, 6.07) is 21.9. The largest absolute Gasteiger partial charge is 0.453 e. The van der Waals surface area contributed by atoms with Gasteiger partial charge in [-0.2, -0.15) is 9.98 Å². The molecule has 0 aliphatic heterocycles. The van der Waals surface area contributed by atoms with Gasteiger partial charge < -0.3 is 18.9 Å². The number of aryl methyl sites for hydroxylation is 4. The van der Waals surface area contributed by atoms with E-state index in [0.717, 1.165) is 11.1 Å². The van der Waals surface area contributed by atoms with Crippen molar-refractivity contribution in [1.82, 2.24) is 0 Å². The van der Waals surface area contributed by atoms with Gasteiger partial charge in [-0.3, -0.25) is 31.4 Å². The van der Waals surface area contributed by atoms with Crippen LogP contribution in [0, 0.1) is 27.7 Å². The number of ether oxygens (including phenoxy) is 4.